The maximum atomic E-state index is 12.8. The van der Waals surface area contributed by atoms with Gasteiger partial charge in [-0.1, -0.05) is 0 Å². The van der Waals surface area contributed by atoms with E-state index < -0.39 is 0 Å². The monoisotopic (exact) mass is 354 g/mol. The number of rotatable bonds is 3. The summed E-state index contributed by atoms with van der Waals surface area (Å²) in [5, 5.41) is 2.98. The fourth-order valence-corrected chi connectivity index (χ4v) is 3.76. The normalized spacial score (nSPS) is 26.0. The SMILES string of the molecule is O=C(Nc1ccc2c(c1)OCO2)C1CC2CN(c3ncccn3)CC1O2. The van der Waals surface area contributed by atoms with Crippen LogP contribution < -0.4 is 19.7 Å². The Balaban J connectivity index is 1.28. The molecule has 2 saturated heterocycles. The van der Waals surface area contributed by atoms with Crippen LogP contribution in [0, 0.1) is 5.92 Å². The van der Waals surface area contributed by atoms with Crippen molar-refractivity contribution in [1.29, 1.82) is 0 Å². The van der Waals surface area contributed by atoms with E-state index in [1.807, 2.05) is 6.07 Å². The van der Waals surface area contributed by atoms with Gasteiger partial charge in [0.1, 0.15) is 0 Å². The molecule has 134 valence electrons. The molecule has 1 aromatic carbocycles. The van der Waals surface area contributed by atoms with E-state index in [2.05, 4.69) is 20.2 Å². The first-order valence-corrected chi connectivity index (χ1v) is 8.64. The van der Waals surface area contributed by atoms with Crippen molar-refractivity contribution in [2.24, 2.45) is 5.92 Å². The average Bonchev–Trinajstić information content (AvgIpc) is 3.25. The molecule has 3 atom stereocenters. The molecule has 3 aliphatic rings. The predicted molar refractivity (Wildman–Crippen MR) is 92.2 cm³/mol. The van der Waals surface area contributed by atoms with E-state index in [1.165, 1.54) is 0 Å². The second-order valence-electron chi connectivity index (χ2n) is 6.65. The van der Waals surface area contributed by atoms with Crippen molar-refractivity contribution in [1.82, 2.24) is 9.97 Å². The van der Waals surface area contributed by atoms with Crippen molar-refractivity contribution in [2.75, 3.05) is 30.1 Å². The highest BCUT2D eigenvalue weighted by Crippen LogP contribution is 2.36. The summed E-state index contributed by atoms with van der Waals surface area (Å²) in [6.07, 6.45) is 4.01. The molecule has 8 heteroatoms. The van der Waals surface area contributed by atoms with Crippen molar-refractivity contribution in [3.8, 4) is 11.5 Å². The number of hydrogen-bond donors (Lipinski definition) is 1. The number of carbonyl (C=O) groups excluding carboxylic acids is 1. The third kappa shape index (κ3) is 2.72. The summed E-state index contributed by atoms with van der Waals surface area (Å²) in [5.74, 6) is 1.80. The molecule has 3 aliphatic heterocycles. The number of anilines is 2. The maximum absolute atomic E-state index is 12.8. The molecule has 2 bridgehead atoms. The summed E-state index contributed by atoms with van der Waals surface area (Å²) < 4.78 is 16.6. The van der Waals surface area contributed by atoms with Crippen molar-refractivity contribution in [3.05, 3.63) is 36.7 Å². The average molecular weight is 354 g/mol. The van der Waals surface area contributed by atoms with Gasteiger partial charge in [0, 0.05) is 37.2 Å². The highest BCUT2D eigenvalue weighted by molar-refractivity contribution is 5.93. The van der Waals surface area contributed by atoms with Crippen molar-refractivity contribution in [2.45, 2.75) is 18.6 Å². The van der Waals surface area contributed by atoms with Crippen LogP contribution in [0.5, 0.6) is 11.5 Å². The van der Waals surface area contributed by atoms with Crippen LogP contribution in [0.3, 0.4) is 0 Å². The second kappa shape index (κ2) is 6.14. The van der Waals surface area contributed by atoms with Crippen LogP contribution >= 0.6 is 0 Å². The Kier molecular flexibility index (Phi) is 3.63. The van der Waals surface area contributed by atoms with Crippen LogP contribution in [-0.4, -0.2) is 48.0 Å². The Morgan fingerprint density at radius 1 is 1.15 bits per heavy atom. The van der Waals surface area contributed by atoms with E-state index in [9.17, 15) is 4.79 Å². The number of fused-ring (bicyclic) bond motifs is 3. The molecule has 8 nitrogen and oxygen atoms in total. The topological polar surface area (TPSA) is 85.8 Å². The maximum Gasteiger partial charge on any atom is 0.231 e. The Labute approximate surface area is 150 Å². The van der Waals surface area contributed by atoms with Crippen molar-refractivity contribution >= 4 is 17.5 Å². The molecule has 26 heavy (non-hydrogen) atoms. The molecule has 4 heterocycles. The largest absolute Gasteiger partial charge is 0.454 e. The molecule has 5 rings (SSSR count). The number of hydrogen-bond acceptors (Lipinski definition) is 7. The van der Waals surface area contributed by atoms with Crippen LogP contribution in [-0.2, 0) is 9.53 Å². The molecule has 0 saturated carbocycles. The van der Waals surface area contributed by atoms with Gasteiger partial charge in [-0.05, 0) is 24.6 Å². The highest BCUT2D eigenvalue weighted by atomic mass is 16.7. The summed E-state index contributed by atoms with van der Waals surface area (Å²) in [6, 6.07) is 7.19. The van der Waals surface area contributed by atoms with Crippen molar-refractivity contribution in [3.63, 3.8) is 0 Å². The summed E-state index contributed by atoms with van der Waals surface area (Å²) >= 11 is 0. The van der Waals surface area contributed by atoms with E-state index in [-0.39, 0.29) is 30.8 Å². The standard InChI is InChI=1S/C18H18N4O4/c23-17(21-11-2-3-14-15(6-11)25-10-24-14)13-7-12-8-22(9-16(13)26-12)18-19-4-1-5-20-18/h1-6,12-13,16H,7-10H2,(H,21,23). The number of nitrogens with zero attached hydrogens (tertiary/aromatic N) is 3. The number of nitrogens with one attached hydrogen (secondary N) is 1. The molecular formula is C18H18N4O4. The quantitative estimate of drug-likeness (QED) is 0.892. The second-order valence-corrected chi connectivity index (χ2v) is 6.65. The minimum absolute atomic E-state index is 0.0186. The van der Waals surface area contributed by atoms with Gasteiger partial charge >= 0.3 is 0 Å². The van der Waals surface area contributed by atoms with Gasteiger partial charge in [0.15, 0.2) is 11.5 Å². The van der Waals surface area contributed by atoms with Crippen LogP contribution in [0.15, 0.2) is 36.7 Å². The van der Waals surface area contributed by atoms with E-state index in [0.29, 0.717) is 42.6 Å². The van der Waals surface area contributed by atoms with Gasteiger partial charge < -0.3 is 24.4 Å². The molecular weight excluding hydrogens is 336 g/mol. The number of amides is 1. The lowest BCUT2D eigenvalue weighted by Crippen LogP contribution is -2.45. The zero-order valence-corrected chi connectivity index (χ0v) is 14.0. The lowest BCUT2D eigenvalue weighted by Gasteiger charge is -2.32. The first-order chi connectivity index (χ1) is 12.8. The molecule has 1 amide bonds. The number of aromatic nitrogens is 2. The number of ether oxygens (including phenoxy) is 3. The van der Waals surface area contributed by atoms with Crippen LogP contribution in [0.25, 0.3) is 0 Å². The number of benzene rings is 1. The molecule has 0 spiro atoms. The fraction of sp³-hybridized carbons (Fsp3) is 0.389. The van der Waals surface area contributed by atoms with Gasteiger partial charge in [-0.3, -0.25) is 4.79 Å². The number of morpholine rings is 1. The Bertz CT molecular complexity index is 831. The minimum atomic E-state index is -0.195. The molecule has 0 aliphatic carbocycles. The summed E-state index contributed by atoms with van der Waals surface area (Å²) in [7, 11) is 0. The fourth-order valence-electron chi connectivity index (χ4n) is 3.76. The molecule has 0 radical (unpaired) electrons. The Hall–Kier alpha value is -2.87. The van der Waals surface area contributed by atoms with Gasteiger partial charge in [0.2, 0.25) is 18.6 Å². The molecule has 1 aromatic heterocycles. The van der Waals surface area contributed by atoms with Gasteiger partial charge in [0.25, 0.3) is 0 Å². The lowest BCUT2D eigenvalue weighted by atomic mass is 9.99. The molecule has 2 fully saturated rings. The van der Waals surface area contributed by atoms with E-state index in [4.69, 9.17) is 14.2 Å². The van der Waals surface area contributed by atoms with Crippen LogP contribution in [0.2, 0.25) is 0 Å². The Morgan fingerprint density at radius 2 is 2.00 bits per heavy atom. The highest BCUT2D eigenvalue weighted by Gasteiger charge is 2.45. The Morgan fingerprint density at radius 3 is 2.88 bits per heavy atom. The van der Waals surface area contributed by atoms with E-state index in [1.54, 1.807) is 30.6 Å². The van der Waals surface area contributed by atoms with Gasteiger partial charge in [-0.2, -0.15) is 0 Å². The molecule has 1 N–H and O–H groups in total. The zero-order valence-electron chi connectivity index (χ0n) is 14.0. The third-order valence-electron chi connectivity index (χ3n) is 4.97. The minimum Gasteiger partial charge on any atom is -0.454 e. The third-order valence-corrected chi connectivity index (χ3v) is 4.97. The smallest absolute Gasteiger partial charge is 0.231 e. The van der Waals surface area contributed by atoms with E-state index in [0.717, 1.165) is 0 Å². The zero-order chi connectivity index (χ0) is 17.5. The molecule has 2 aromatic rings. The first kappa shape index (κ1) is 15.4. The van der Waals surface area contributed by atoms with Gasteiger partial charge in [0.05, 0.1) is 18.1 Å². The predicted octanol–water partition coefficient (Wildman–Crippen LogP) is 1.44. The summed E-state index contributed by atoms with van der Waals surface area (Å²) in [4.78, 5) is 23.5. The summed E-state index contributed by atoms with van der Waals surface area (Å²) in [6.45, 7) is 1.53. The summed E-state index contributed by atoms with van der Waals surface area (Å²) in [5.41, 5.74) is 0.698. The lowest BCUT2D eigenvalue weighted by molar-refractivity contribution is -0.121. The van der Waals surface area contributed by atoms with Gasteiger partial charge in [-0.15, -0.1) is 0 Å². The van der Waals surface area contributed by atoms with Crippen molar-refractivity contribution < 1.29 is 19.0 Å². The first-order valence-electron chi connectivity index (χ1n) is 8.64. The molecule has 3 unspecified atom stereocenters. The van der Waals surface area contributed by atoms with Gasteiger partial charge in [-0.25, -0.2) is 9.97 Å². The van der Waals surface area contributed by atoms with Crippen LogP contribution in [0.4, 0.5) is 11.6 Å². The number of carbonyl (C=O) groups is 1. The van der Waals surface area contributed by atoms with E-state index >= 15 is 0 Å². The van der Waals surface area contributed by atoms with Crippen LogP contribution in [0.1, 0.15) is 6.42 Å².